The Labute approximate surface area is 118 Å². The molecule has 0 radical (unpaired) electrons. The van der Waals surface area contributed by atoms with Crippen LogP contribution < -0.4 is 5.32 Å². The Morgan fingerprint density at radius 1 is 1.35 bits per heavy atom. The van der Waals surface area contributed by atoms with Crippen LogP contribution in [0.5, 0.6) is 0 Å². The summed E-state index contributed by atoms with van der Waals surface area (Å²) in [5.41, 5.74) is 2.26. The van der Waals surface area contributed by atoms with Gasteiger partial charge in [0.25, 0.3) is 0 Å². The van der Waals surface area contributed by atoms with Crippen molar-refractivity contribution in [2.75, 3.05) is 6.54 Å². The van der Waals surface area contributed by atoms with Crippen molar-refractivity contribution in [3.63, 3.8) is 0 Å². The number of benzene rings is 1. The molecular formula is C15H20N2O3. The van der Waals surface area contributed by atoms with E-state index in [2.05, 4.69) is 5.32 Å². The summed E-state index contributed by atoms with van der Waals surface area (Å²) >= 11 is 0. The van der Waals surface area contributed by atoms with Crippen molar-refractivity contribution in [3.05, 3.63) is 34.9 Å². The summed E-state index contributed by atoms with van der Waals surface area (Å²) in [6.07, 6.45) is 0.466. The van der Waals surface area contributed by atoms with Crippen LogP contribution in [0.15, 0.2) is 18.2 Å². The molecular weight excluding hydrogens is 256 g/mol. The van der Waals surface area contributed by atoms with Crippen LogP contribution >= 0.6 is 0 Å². The number of carbonyl (C=O) groups is 2. The lowest BCUT2D eigenvalue weighted by Gasteiger charge is -2.18. The van der Waals surface area contributed by atoms with Crippen LogP contribution in [0.25, 0.3) is 0 Å². The number of hydrogen-bond donors (Lipinski definition) is 2. The van der Waals surface area contributed by atoms with Crippen LogP contribution in [0, 0.1) is 0 Å². The molecule has 0 saturated heterocycles. The van der Waals surface area contributed by atoms with E-state index >= 15 is 0 Å². The molecule has 1 amide bonds. The van der Waals surface area contributed by atoms with E-state index in [1.165, 1.54) is 0 Å². The Bertz CT molecular complexity index is 528. The van der Waals surface area contributed by atoms with Gasteiger partial charge < -0.3 is 15.3 Å². The van der Waals surface area contributed by atoms with E-state index in [0.717, 1.165) is 17.7 Å². The first-order chi connectivity index (χ1) is 9.51. The summed E-state index contributed by atoms with van der Waals surface area (Å²) in [4.78, 5) is 24.9. The summed E-state index contributed by atoms with van der Waals surface area (Å²) in [6.45, 7) is 5.94. The molecule has 0 saturated carbocycles. The Morgan fingerprint density at radius 2 is 2.05 bits per heavy atom. The molecule has 1 heterocycles. The second-order valence-corrected chi connectivity index (χ2v) is 5.20. The van der Waals surface area contributed by atoms with E-state index in [-0.39, 0.29) is 17.5 Å². The maximum absolute atomic E-state index is 12.2. The van der Waals surface area contributed by atoms with E-state index in [9.17, 15) is 9.59 Å². The number of hydrogen-bond acceptors (Lipinski definition) is 3. The highest BCUT2D eigenvalue weighted by Gasteiger charge is 2.24. The normalized spacial score (nSPS) is 15.0. The Hall–Kier alpha value is -1.88. The topological polar surface area (TPSA) is 69.6 Å². The lowest BCUT2D eigenvalue weighted by atomic mass is 10.1. The van der Waals surface area contributed by atoms with Crippen LogP contribution in [-0.2, 0) is 17.9 Å². The van der Waals surface area contributed by atoms with Crippen molar-refractivity contribution in [3.8, 4) is 0 Å². The number of carboxylic acids is 1. The highest BCUT2D eigenvalue weighted by atomic mass is 16.4. The lowest BCUT2D eigenvalue weighted by Crippen LogP contribution is -2.34. The van der Waals surface area contributed by atoms with E-state index in [0.29, 0.717) is 19.5 Å². The number of nitrogens with zero attached hydrogens (tertiary/aromatic N) is 1. The zero-order valence-corrected chi connectivity index (χ0v) is 11.8. The molecule has 0 fully saturated rings. The third-order valence-electron chi connectivity index (χ3n) is 3.56. The molecule has 20 heavy (non-hydrogen) atoms. The van der Waals surface area contributed by atoms with Crippen molar-refractivity contribution in [2.45, 2.75) is 39.4 Å². The minimum atomic E-state index is -0.932. The molecule has 0 aromatic heterocycles. The zero-order valence-electron chi connectivity index (χ0n) is 11.8. The maximum Gasteiger partial charge on any atom is 0.335 e. The lowest BCUT2D eigenvalue weighted by molar-refractivity contribution is -0.132. The van der Waals surface area contributed by atoms with Crippen molar-refractivity contribution in [1.29, 1.82) is 0 Å². The molecule has 108 valence electrons. The van der Waals surface area contributed by atoms with E-state index in [4.69, 9.17) is 5.11 Å². The van der Waals surface area contributed by atoms with Crippen molar-refractivity contribution >= 4 is 11.9 Å². The predicted octanol–water partition coefficient (Wildman–Crippen LogP) is 1.62. The van der Waals surface area contributed by atoms with Crippen molar-refractivity contribution in [2.24, 2.45) is 0 Å². The first-order valence-electron chi connectivity index (χ1n) is 6.87. The van der Waals surface area contributed by atoms with Gasteiger partial charge in [-0.3, -0.25) is 4.79 Å². The first kappa shape index (κ1) is 14.5. The number of carbonyl (C=O) groups excluding carboxylic acids is 1. The van der Waals surface area contributed by atoms with Gasteiger partial charge in [-0.1, -0.05) is 13.0 Å². The third kappa shape index (κ3) is 3.17. The highest BCUT2D eigenvalue weighted by molar-refractivity contribution is 5.88. The van der Waals surface area contributed by atoms with E-state index < -0.39 is 5.97 Å². The van der Waals surface area contributed by atoms with Gasteiger partial charge in [-0.15, -0.1) is 0 Å². The molecule has 1 aromatic carbocycles. The van der Waals surface area contributed by atoms with Gasteiger partial charge in [-0.2, -0.15) is 0 Å². The third-order valence-corrected chi connectivity index (χ3v) is 3.56. The standard InChI is InChI=1S/C15H20N2O3/c1-3-16-10(2)6-14(18)17-8-12-5-4-11(15(19)20)7-13(12)9-17/h4-5,7,10,16H,3,6,8-9H2,1-2H3,(H,19,20). The molecule has 1 aromatic rings. The summed E-state index contributed by atoms with van der Waals surface area (Å²) < 4.78 is 0. The van der Waals surface area contributed by atoms with Gasteiger partial charge in [0, 0.05) is 25.6 Å². The van der Waals surface area contributed by atoms with Crippen LogP contribution in [0.2, 0.25) is 0 Å². The molecule has 1 aliphatic heterocycles. The van der Waals surface area contributed by atoms with Gasteiger partial charge >= 0.3 is 5.97 Å². The second-order valence-electron chi connectivity index (χ2n) is 5.20. The first-order valence-corrected chi connectivity index (χ1v) is 6.87. The maximum atomic E-state index is 12.2. The Morgan fingerprint density at radius 3 is 2.70 bits per heavy atom. The highest BCUT2D eigenvalue weighted by Crippen LogP contribution is 2.24. The van der Waals surface area contributed by atoms with Gasteiger partial charge in [-0.05, 0) is 36.7 Å². The van der Waals surface area contributed by atoms with E-state index in [1.54, 1.807) is 23.1 Å². The number of carboxylic acid groups (broad SMARTS) is 1. The average molecular weight is 276 g/mol. The number of fused-ring (bicyclic) bond motifs is 1. The van der Waals surface area contributed by atoms with E-state index in [1.807, 2.05) is 13.8 Å². The number of rotatable bonds is 5. The van der Waals surface area contributed by atoms with Gasteiger partial charge in [0.15, 0.2) is 0 Å². The second kappa shape index (κ2) is 6.05. The predicted molar refractivity (Wildman–Crippen MR) is 75.4 cm³/mol. The average Bonchev–Trinajstić information content (AvgIpc) is 2.81. The minimum absolute atomic E-state index is 0.103. The van der Waals surface area contributed by atoms with Crippen molar-refractivity contribution in [1.82, 2.24) is 10.2 Å². The molecule has 1 aliphatic rings. The Kier molecular flexibility index (Phi) is 4.39. The zero-order chi connectivity index (χ0) is 14.7. The molecule has 1 unspecified atom stereocenters. The summed E-state index contributed by atoms with van der Waals surface area (Å²) in [5.74, 6) is -0.829. The number of nitrogens with one attached hydrogen (secondary N) is 1. The number of aromatic carboxylic acids is 1. The Balaban J connectivity index is 2.02. The molecule has 5 heteroatoms. The van der Waals surface area contributed by atoms with Crippen molar-refractivity contribution < 1.29 is 14.7 Å². The SMILES string of the molecule is CCNC(C)CC(=O)N1Cc2ccc(C(=O)O)cc2C1. The van der Waals surface area contributed by atoms with Gasteiger partial charge in [0.05, 0.1) is 5.56 Å². The molecule has 1 atom stereocenters. The monoisotopic (exact) mass is 276 g/mol. The summed E-state index contributed by atoms with van der Waals surface area (Å²) in [7, 11) is 0. The fourth-order valence-corrected chi connectivity index (χ4v) is 2.52. The van der Waals surface area contributed by atoms with Gasteiger partial charge in [0.2, 0.25) is 5.91 Å². The molecule has 0 aliphatic carbocycles. The minimum Gasteiger partial charge on any atom is -0.478 e. The van der Waals surface area contributed by atoms with Crippen LogP contribution in [0.4, 0.5) is 0 Å². The van der Waals surface area contributed by atoms with Crippen LogP contribution in [0.1, 0.15) is 41.8 Å². The fourth-order valence-electron chi connectivity index (χ4n) is 2.52. The summed E-state index contributed by atoms with van der Waals surface area (Å²) in [5, 5.41) is 12.2. The molecule has 0 bridgehead atoms. The summed E-state index contributed by atoms with van der Waals surface area (Å²) in [6, 6.07) is 5.22. The molecule has 2 N–H and O–H groups in total. The molecule has 0 spiro atoms. The largest absolute Gasteiger partial charge is 0.478 e. The fraction of sp³-hybridized carbons (Fsp3) is 0.467. The molecule has 2 rings (SSSR count). The van der Waals surface area contributed by atoms with Gasteiger partial charge in [0.1, 0.15) is 0 Å². The number of amides is 1. The van der Waals surface area contributed by atoms with Crippen LogP contribution in [0.3, 0.4) is 0 Å². The quantitative estimate of drug-likeness (QED) is 0.857. The van der Waals surface area contributed by atoms with Gasteiger partial charge in [-0.25, -0.2) is 4.79 Å². The smallest absolute Gasteiger partial charge is 0.335 e. The van der Waals surface area contributed by atoms with Crippen LogP contribution in [-0.4, -0.2) is 34.5 Å². The molecule has 5 nitrogen and oxygen atoms in total.